The highest BCUT2D eigenvalue weighted by Gasteiger charge is 2.38. The van der Waals surface area contributed by atoms with Crippen LogP contribution in [0.1, 0.15) is 30.2 Å². The summed E-state index contributed by atoms with van der Waals surface area (Å²) in [5.41, 5.74) is 1.67. The molecule has 4 heterocycles. The number of rotatable bonds is 6. The lowest BCUT2D eigenvalue weighted by molar-refractivity contribution is -0.115. The van der Waals surface area contributed by atoms with Crippen molar-refractivity contribution in [3.05, 3.63) is 94.8 Å². The first kappa shape index (κ1) is 28.6. The molecule has 228 valence electrons. The van der Waals surface area contributed by atoms with E-state index < -0.39 is 34.8 Å². The highest BCUT2D eigenvalue weighted by Crippen LogP contribution is 2.46. The second-order valence-corrected chi connectivity index (χ2v) is 11.6. The fourth-order valence-electron chi connectivity index (χ4n) is 5.74. The van der Waals surface area contributed by atoms with Crippen molar-refractivity contribution in [2.45, 2.75) is 23.7 Å². The molecular formula is C32H24F3N5O4S. The van der Waals surface area contributed by atoms with Gasteiger partial charge in [0.2, 0.25) is 5.82 Å². The van der Waals surface area contributed by atoms with E-state index in [1.807, 2.05) is 19.1 Å². The molecule has 9 nitrogen and oxygen atoms in total. The van der Waals surface area contributed by atoms with Gasteiger partial charge in [0, 0.05) is 40.0 Å². The Morgan fingerprint density at radius 1 is 1.09 bits per heavy atom. The molecule has 45 heavy (non-hydrogen) atoms. The number of nitrogens with zero attached hydrogens (tertiary/aromatic N) is 1. The van der Waals surface area contributed by atoms with Crippen LogP contribution in [-0.2, 0) is 10.2 Å². The van der Waals surface area contributed by atoms with Crippen molar-refractivity contribution in [1.29, 1.82) is 0 Å². The Kier molecular flexibility index (Phi) is 6.84. The van der Waals surface area contributed by atoms with Crippen LogP contribution in [0.15, 0.2) is 65.5 Å². The molecule has 0 aliphatic carbocycles. The third-order valence-electron chi connectivity index (χ3n) is 8.10. The Hall–Kier alpha value is -5.17. The number of imide groups is 1. The highest BCUT2D eigenvalue weighted by atomic mass is 32.2. The fourth-order valence-corrected chi connectivity index (χ4v) is 6.45. The van der Waals surface area contributed by atoms with Gasteiger partial charge < -0.3 is 24.8 Å². The SMILES string of the molecule is CSc1c(Oc2ccc(F)c(-c3ncc(C4(C)CCOc5c(/C=C6\NC(=O)NC6=O)cccc54)[nH]3)c2)c(F)c(F)c2[nH]ccc12. The minimum Gasteiger partial charge on any atom is -0.493 e. The largest absolute Gasteiger partial charge is 0.493 e. The first-order valence-electron chi connectivity index (χ1n) is 13.8. The number of ether oxygens (including phenoxy) is 2. The van der Waals surface area contributed by atoms with Crippen molar-refractivity contribution in [3.8, 4) is 28.6 Å². The van der Waals surface area contributed by atoms with Gasteiger partial charge in [-0.15, -0.1) is 11.8 Å². The molecule has 3 aromatic carbocycles. The molecule has 1 atom stereocenters. The minimum absolute atomic E-state index is 0.0369. The lowest BCUT2D eigenvalue weighted by Gasteiger charge is -2.35. The summed E-state index contributed by atoms with van der Waals surface area (Å²) in [6.45, 7) is 2.35. The number of carbonyl (C=O) groups is 2. The van der Waals surface area contributed by atoms with Gasteiger partial charge in [0.15, 0.2) is 11.6 Å². The van der Waals surface area contributed by atoms with Crippen LogP contribution < -0.4 is 20.1 Å². The number of H-pyrrole nitrogens is 2. The van der Waals surface area contributed by atoms with Gasteiger partial charge in [-0.1, -0.05) is 18.2 Å². The topological polar surface area (TPSA) is 121 Å². The van der Waals surface area contributed by atoms with Crippen LogP contribution in [-0.4, -0.2) is 39.8 Å². The second-order valence-electron chi connectivity index (χ2n) is 10.8. The van der Waals surface area contributed by atoms with Crippen LogP contribution in [0.2, 0.25) is 0 Å². The van der Waals surface area contributed by atoms with E-state index in [1.165, 1.54) is 36.2 Å². The zero-order valence-electron chi connectivity index (χ0n) is 23.8. The van der Waals surface area contributed by atoms with Crippen LogP contribution in [0.4, 0.5) is 18.0 Å². The lowest BCUT2D eigenvalue weighted by Crippen LogP contribution is -2.32. The molecule has 2 aliphatic rings. The van der Waals surface area contributed by atoms with Crippen molar-refractivity contribution >= 4 is 40.7 Å². The summed E-state index contributed by atoms with van der Waals surface area (Å²) in [6, 6.07) is 10.4. The smallest absolute Gasteiger partial charge is 0.326 e. The van der Waals surface area contributed by atoms with Gasteiger partial charge in [-0.05, 0) is 49.9 Å². The molecule has 1 unspecified atom stereocenters. The Bertz CT molecular complexity index is 2070. The molecule has 1 fully saturated rings. The molecule has 5 aromatic rings. The lowest BCUT2D eigenvalue weighted by atomic mass is 9.75. The molecule has 0 spiro atoms. The standard InChI is InChI=1S/C32H24F3N5O4S/c1-32(9-11-43-26-15(4-3-5-19(26)32)12-21-30(41)40-31(42)38-21)22-14-37-29(39-22)18-13-16(6-7-20(18)33)44-27-24(35)23(34)25-17(8-10-36-25)28(27)45-2/h3-8,10,12-14,36H,9,11H2,1-2H3,(H,37,39)(H2,38,40,41,42)/b21-12-. The highest BCUT2D eigenvalue weighted by molar-refractivity contribution is 7.99. The molecule has 0 bridgehead atoms. The number of carbonyl (C=O) groups excluding carboxylic acids is 2. The van der Waals surface area contributed by atoms with Crippen molar-refractivity contribution in [3.63, 3.8) is 0 Å². The Morgan fingerprint density at radius 3 is 2.71 bits per heavy atom. The molecule has 0 saturated carbocycles. The number of fused-ring (bicyclic) bond motifs is 2. The number of thioether (sulfide) groups is 1. The summed E-state index contributed by atoms with van der Waals surface area (Å²) in [4.78, 5) is 34.5. The molecule has 13 heteroatoms. The number of urea groups is 1. The second kappa shape index (κ2) is 10.8. The zero-order valence-corrected chi connectivity index (χ0v) is 24.6. The summed E-state index contributed by atoms with van der Waals surface area (Å²) in [7, 11) is 0. The van der Waals surface area contributed by atoms with Crippen molar-refractivity contribution in [1.82, 2.24) is 25.6 Å². The molecule has 1 saturated heterocycles. The average molecular weight is 632 g/mol. The van der Waals surface area contributed by atoms with Gasteiger partial charge in [0.25, 0.3) is 5.91 Å². The first-order chi connectivity index (χ1) is 21.7. The maximum Gasteiger partial charge on any atom is 0.326 e. The number of halogens is 3. The van der Waals surface area contributed by atoms with Gasteiger partial charge in [-0.3, -0.25) is 10.1 Å². The fraction of sp³-hybridized carbons (Fsp3) is 0.156. The molecule has 2 aromatic heterocycles. The molecule has 0 radical (unpaired) electrons. The number of benzene rings is 3. The first-order valence-corrected chi connectivity index (χ1v) is 15.1. The van der Waals surface area contributed by atoms with E-state index in [4.69, 9.17) is 9.47 Å². The van der Waals surface area contributed by atoms with Crippen LogP contribution >= 0.6 is 11.8 Å². The molecule has 3 amide bonds. The quantitative estimate of drug-likeness (QED) is 0.0934. The Labute approximate surface area is 258 Å². The van der Waals surface area contributed by atoms with Gasteiger partial charge in [0.05, 0.1) is 22.6 Å². The third kappa shape index (κ3) is 4.70. The minimum atomic E-state index is -1.16. The summed E-state index contributed by atoms with van der Waals surface area (Å²) in [5, 5.41) is 5.12. The summed E-state index contributed by atoms with van der Waals surface area (Å²) in [6.07, 6.45) is 6.98. The predicted molar refractivity (Wildman–Crippen MR) is 162 cm³/mol. The predicted octanol–water partition coefficient (Wildman–Crippen LogP) is 6.76. The van der Waals surface area contributed by atoms with E-state index in [-0.39, 0.29) is 34.1 Å². The summed E-state index contributed by atoms with van der Waals surface area (Å²) >= 11 is 1.20. The number of nitrogens with one attached hydrogen (secondary N) is 4. The van der Waals surface area contributed by atoms with Crippen molar-refractivity contribution in [2.75, 3.05) is 12.9 Å². The van der Waals surface area contributed by atoms with E-state index in [0.29, 0.717) is 40.3 Å². The van der Waals surface area contributed by atoms with E-state index in [2.05, 4.69) is 25.6 Å². The van der Waals surface area contributed by atoms with Crippen LogP contribution in [0.25, 0.3) is 28.4 Å². The number of hydrogen-bond acceptors (Lipinski definition) is 6. The van der Waals surface area contributed by atoms with Gasteiger partial charge >= 0.3 is 6.03 Å². The van der Waals surface area contributed by atoms with Gasteiger partial charge in [-0.25, -0.2) is 18.6 Å². The third-order valence-corrected chi connectivity index (χ3v) is 8.92. The summed E-state index contributed by atoms with van der Waals surface area (Å²) < 4.78 is 57.0. The summed E-state index contributed by atoms with van der Waals surface area (Å²) in [5.74, 6) is -2.80. The van der Waals surface area contributed by atoms with E-state index in [0.717, 1.165) is 5.56 Å². The Morgan fingerprint density at radius 2 is 1.93 bits per heavy atom. The monoisotopic (exact) mass is 631 g/mol. The van der Waals surface area contributed by atoms with E-state index >= 15 is 8.78 Å². The van der Waals surface area contributed by atoms with Gasteiger partial charge in [0.1, 0.15) is 28.8 Å². The maximum absolute atomic E-state index is 15.2. The number of amides is 3. The number of para-hydroxylation sites is 1. The number of imidazole rings is 1. The normalized spacial score (nSPS) is 18.6. The maximum atomic E-state index is 15.2. The van der Waals surface area contributed by atoms with Crippen LogP contribution in [0.5, 0.6) is 17.2 Å². The van der Waals surface area contributed by atoms with Gasteiger partial charge in [-0.2, -0.15) is 4.39 Å². The number of aromatic amines is 2. The van der Waals surface area contributed by atoms with E-state index in [1.54, 1.807) is 30.7 Å². The van der Waals surface area contributed by atoms with Crippen LogP contribution in [0.3, 0.4) is 0 Å². The molecule has 4 N–H and O–H groups in total. The number of hydrogen-bond donors (Lipinski definition) is 4. The molecule has 2 aliphatic heterocycles. The van der Waals surface area contributed by atoms with Crippen molar-refractivity contribution < 1.29 is 32.2 Å². The average Bonchev–Trinajstić information content (AvgIpc) is 3.78. The Balaban J connectivity index is 1.23. The van der Waals surface area contributed by atoms with E-state index in [9.17, 15) is 14.0 Å². The number of aromatic nitrogens is 3. The molecule has 7 rings (SSSR count). The van der Waals surface area contributed by atoms with Crippen molar-refractivity contribution in [2.24, 2.45) is 0 Å². The molecular weight excluding hydrogens is 607 g/mol. The zero-order chi connectivity index (χ0) is 31.5. The van der Waals surface area contributed by atoms with Crippen LogP contribution in [0, 0.1) is 17.5 Å².